The molecule has 0 saturated carbocycles. The van der Waals surface area contributed by atoms with Crippen molar-refractivity contribution in [2.45, 2.75) is 33.3 Å². The Hall–Kier alpha value is -0.730. The van der Waals surface area contributed by atoms with Gasteiger partial charge >= 0.3 is 0 Å². The first kappa shape index (κ1) is 12.7. The third-order valence-corrected chi connectivity index (χ3v) is 3.92. The minimum atomic E-state index is -0.210. The van der Waals surface area contributed by atoms with Crippen molar-refractivity contribution in [2.24, 2.45) is 5.41 Å². The monoisotopic (exact) mass is 253 g/mol. The van der Waals surface area contributed by atoms with Gasteiger partial charge in [-0.15, -0.1) is 0 Å². The van der Waals surface area contributed by atoms with Crippen molar-refractivity contribution in [1.29, 1.82) is 0 Å². The molecule has 1 aromatic rings. The van der Waals surface area contributed by atoms with Crippen molar-refractivity contribution in [3.8, 4) is 0 Å². The summed E-state index contributed by atoms with van der Waals surface area (Å²) < 4.78 is 0. The fraction of sp³-hybridized carbons (Fsp3) is 0.571. The first-order chi connectivity index (χ1) is 7.90. The number of piperidine rings is 1. The third-order valence-electron chi connectivity index (χ3n) is 3.68. The van der Waals surface area contributed by atoms with E-state index in [4.69, 9.17) is 11.6 Å². The van der Waals surface area contributed by atoms with E-state index in [0.717, 1.165) is 24.5 Å². The molecule has 0 aliphatic carbocycles. The maximum Gasteiger partial charge on any atom is 0.0624 e. The summed E-state index contributed by atoms with van der Waals surface area (Å²) in [7, 11) is 0. The fourth-order valence-electron chi connectivity index (χ4n) is 2.47. The number of halogens is 1. The molecule has 0 radical (unpaired) electrons. The van der Waals surface area contributed by atoms with Gasteiger partial charge in [0.15, 0.2) is 0 Å². The molecule has 94 valence electrons. The fourth-order valence-corrected chi connectivity index (χ4v) is 2.64. The van der Waals surface area contributed by atoms with Gasteiger partial charge in [-0.05, 0) is 31.0 Å². The second kappa shape index (κ2) is 4.51. The van der Waals surface area contributed by atoms with E-state index in [1.807, 2.05) is 12.1 Å². The normalized spacial score (nSPS) is 23.8. The summed E-state index contributed by atoms with van der Waals surface area (Å²) in [4.78, 5) is 2.33. The summed E-state index contributed by atoms with van der Waals surface area (Å²) in [5.74, 6) is 0. The van der Waals surface area contributed by atoms with Crippen LogP contribution < -0.4 is 4.90 Å². The van der Waals surface area contributed by atoms with Gasteiger partial charge in [-0.3, -0.25) is 0 Å². The van der Waals surface area contributed by atoms with Crippen LogP contribution in [0, 0.1) is 12.3 Å². The Morgan fingerprint density at radius 2 is 2.12 bits per heavy atom. The molecule has 1 aromatic carbocycles. The van der Waals surface area contributed by atoms with Crippen molar-refractivity contribution in [3.63, 3.8) is 0 Å². The quantitative estimate of drug-likeness (QED) is 0.831. The van der Waals surface area contributed by atoms with Gasteiger partial charge in [0.05, 0.1) is 6.10 Å². The predicted octanol–water partition coefficient (Wildman–Crippen LogP) is 3.25. The van der Waals surface area contributed by atoms with Gasteiger partial charge in [-0.25, -0.2) is 0 Å². The zero-order valence-electron chi connectivity index (χ0n) is 10.7. The summed E-state index contributed by atoms with van der Waals surface area (Å²) in [5, 5.41) is 10.7. The van der Waals surface area contributed by atoms with Crippen molar-refractivity contribution in [3.05, 3.63) is 28.8 Å². The zero-order valence-corrected chi connectivity index (χ0v) is 11.5. The van der Waals surface area contributed by atoms with Crippen LogP contribution in [-0.2, 0) is 0 Å². The molecule has 1 atom stereocenters. The van der Waals surface area contributed by atoms with Gasteiger partial charge in [0, 0.05) is 29.2 Å². The number of hydrogen-bond acceptors (Lipinski definition) is 2. The average Bonchev–Trinajstić information content (AvgIpc) is 2.25. The second-order valence-corrected chi connectivity index (χ2v) is 6.08. The van der Waals surface area contributed by atoms with E-state index >= 15 is 0 Å². The van der Waals surface area contributed by atoms with Crippen LogP contribution in [0.5, 0.6) is 0 Å². The highest BCUT2D eigenvalue weighted by Gasteiger charge is 2.34. The first-order valence-electron chi connectivity index (χ1n) is 6.09. The average molecular weight is 254 g/mol. The minimum Gasteiger partial charge on any atom is -0.392 e. The molecule has 0 bridgehead atoms. The zero-order chi connectivity index (χ0) is 12.6. The molecule has 17 heavy (non-hydrogen) atoms. The van der Waals surface area contributed by atoms with E-state index in [0.29, 0.717) is 0 Å². The maximum absolute atomic E-state index is 9.97. The van der Waals surface area contributed by atoms with E-state index in [9.17, 15) is 5.11 Å². The number of nitrogens with zero attached hydrogens (tertiary/aromatic N) is 1. The molecular formula is C14H20ClNO. The summed E-state index contributed by atoms with van der Waals surface area (Å²) in [6.45, 7) is 8.10. The molecule has 1 saturated heterocycles. The lowest BCUT2D eigenvalue weighted by atomic mass is 9.81. The molecule has 1 fully saturated rings. The van der Waals surface area contributed by atoms with Crippen LogP contribution in [0.1, 0.15) is 25.8 Å². The molecule has 1 heterocycles. The van der Waals surface area contributed by atoms with Crippen LogP contribution in [0.15, 0.2) is 18.2 Å². The van der Waals surface area contributed by atoms with E-state index in [-0.39, 0.29) is 11.5 Å². The van der Waals surface area contributed by atoms with Crippen LogP contribution in [0.3, 0.4) is 0 Å². The van der Waals surface area contributed by atoms with E-state index < -0.39 is 0 Å². The Labute approximate surface area is 108 Å². The largest absolute Gasteiger partial charge is 0.392 e. The predicted molar refractivity (Wildman–Crippen MR) is 72.8 cm³/mol. The molecule has 3 heteroatoms. The molecule has 2 nitrogen and oxygen atoms in total. The SMILES string of the molecule is Cc1ccc(Cl)cc1N1CCC(O)C(C)(C)C1. The smallest absolute Gasteiger partial charge is 0.0624 e. The molecule has 1 aliphatic rings. The summed E-state index contributed by atoms with van der Waals surface area (Å²) in [6.07, 6.45) is 0.608. The third kappa shape index (κ3) is 2.58. The Morgan fingerprint density at radius 3 is 2.76 bits per heavy atom. The number of aryl methyl sites for hydroxylation is 1. The number of rotatable bonds is 1. The number of aliphatic hydroxyl groups excluding tert-OH is 1. The number of benzene rings is 1. The Morgan fingerprint density at radius 1 is 1.41 bits per heavy atom. The lowest BCUT2D eigenvalue weighted by Gasteiger charge is -2.43. The van der Waals surface area contributed by atoms with Gasteiger partial charge in [0.2, 0.25) is 0 Å². The molecular weight excluding hydrogens is 234 g/mol. The lowest BCUT2D eigenvalue weighted by Crippen LogP contribution is -2.48. The van der Waals surface area contributed by atoms with E-state index in [2.05, 4.69) is 31.7 Å². The van der Waals surface area contributed by atoms with Crippen LogP contribution >= 0.6 is 11.6 Å². The highest BCUT2D eigenvalue weighted by atomic mass is 35.5. The number of aliphatic hydroxyl groups is 1. The van der Waals surface area contributed by atoms with Crippen molar-refractivity contribution < 1.29 is 5.11 Å². The van der Waals surface area contributed by atoms with Crippen molar-refractivity contribution in [1.82, 2.24) is 0 Å². The minimum absolute atomic E-state index is 0.0625. The maximum atomic E-state index is 9.97. The number of anilines is 1. The lowest BCUT2D eigenvalue weighted by molar-refractivity contribution is 0.0336. The molecule has 1 unspecified atom stereocenters. The van der Waals surface area contributed by atoms with Crippen molar-refractivity contribution >= 4 is 17.3 Å². The summed E-state index contributed by atoms with van der Waals surface area (Å²) in [5.41, 5.74) is 2.37. The van der Waals surface area contributed by atoms with Crippen LogP contribution in [0.25, 0.3) is 0 Å². The molecule has 0 aromatic heterocycles. The molecule has 0 amide bonds. The first-order valence-corrected chi connectivity index (χ1v) is 6.47. The van der Waals surface area contributed by atoms with Gasteiger partial charge < -0.3 is 10.0 Å². The molecule has 1 aliphatic heterocycles. The Balaban J connectivity index is 2.26. The summed E-state index contributed by atoms with van der Waals surface area (Å²) in [6, 6.07) is 5.99. The van der Waals surface area contributed by atoms with Crippen molar-refractivity contribution in [2.75, 3.05) is 18.0 Å². The van der Waals surface area contributed by atoms with Crippen LogP contribution in [0.4, 0.5) is 5.69 Å². The second-order valence-electron chi connectivity index (χ2n) is 5.65. The van der Waals surface area contributed by atoms with Crippen LogP contribution in [-0.4, -0.2) is 24.3 Å². The van der Waals surface area contributed by atoms with E-state index in [1.54, 1.807) is 0 Å². The highest BCUT2D eigenvalue weighted by Crippen LogP contribution is 2.34. The van der Waals surface area contributed by atoms with Gasteiger partial charge in [-0.1, -0.05) is 31.5 Å². The van der Waals surface area contributed by atoms with E-state index in [1.165, 1.54) is 11.3 Å². The molecule has 0 spiro atoms. The molecule has 2 rings (SSSR count). The van der Waals surface area contributed by atoms with Gasteiger partial charge in [0.1, 0.15) is 0 Å². The topological polar surface area (TPSA) is 23.5 Å². The Kier molecular flexibility index (Phi) is 3.37. The molecule has 1 N–H and O–H groups in total. The Bertz CT molecular complexity index is 417. The summed E-state index contributed by atoms with van der Waals surface area (Å²) >= 11 is 6.06. The number of hydrogen-bond donors (Lipinski definition) is 1. The standard InChI is InChI=1S/C14H20ClNO/c1-10-4-5-11(15)8-12(10)16-7-6-13(17)14(2,3)9-16/h4-5,8,13,17H,6-7,9H2,1-3H3. The van der Waals surface area contributed by atoms with Gasteiger partial charge in [-0.2, -0.15) is 0 Å². The van der Waals surface area contributed by atoms with Crippen LogP contribution in [0.2, 0.25) is 5.02 Å². The van der Waals surface area contributed by atoms with Gasteiger partial charge in [0.25, 0.3) is 0 Å². The highest BCUT2D eigenvalue weighted by molar-refractivity contribution is 6.30.